The lowest BCUT2D eigenvalue weighted by Gasteiger charge is -2.15. The number of carbonyl (C=O) groups is 2. The average Bonchev–Trinajstić information content (AvgIpc) is 2.73. The molecule has 6 heteroatoms. The smallest absolute Gasteiger partial charge is 0.262 e. The van der Waals surface area contributed by atoms with Crippen molar-refractivity contribution < 1.29 is 14.3 Å². The third-order valence-corrected chi connectivity index (χ3v) is 5.29. The van der Waals surface area contributed by atoms with Crippen LogP contribution in [0.15, 0.2) is 71.2 Å². The molecule has 2 amide bonds. The second kappa shape index (κ2) is 10.3. The molecule has 3 aromatic carbocycles. The van der Waals surface area contributed by atoms with Gasteiger partial charge in [-0.15, -0.1) is 0 Å². The number of rotatable bonds is 7. The van der Waals surface area contributed by atoms with E-state index in [1.165, 1.54) is 0 Å². The first kappa shape index (κ1) is 22.6. The molecule has 1 atom stereocenters. The van der Waals surface area contributed by atoms with Crippen molar-refractivity contribution in [2.45, 2.75) is 26.8 Å². The number of benzene rings is 3. The predicted molar refractivity (Wildman–Crippen MR) is 127 cm³/mol. The maximum Gasteiger partial charge on any atom is 0.262 e. The Balaban J connectivity index is 1.60. The Morgan fingerprint density at radius 3 is 2.32 bits per heavy atom. The van der Waals surface area contributed by atoms with E-state index in [4.69, 9.17) is 4.74 Å². The van der Waals surface area contributed by atoms with Crippen molar-refractivity contribution in [2.24, 2.45) is 0 Å². The van der Waals surface area contributed by atoms with Gasteiger partial charge in [-0.05, 0) is 67.8 Å². The summed E-state index contributed by atoms with van der Waals surface area (Å²) in [5, 5.41) is 5.77. The molecule has 5 nitrogen and oxygen atoms in total. The number of ether oxygens (including phenoxy) is 1. The summed E-state index contributed by atoms with van der Waals surface area (Å²) in [5.74, 6) is 0.197. The van der Waals surface area contributed by atoms with Crippen molar-refractivity contribution in [3.05, 3.63) is 93.5 Å². The molecule has 0 aliphatic carbocycles. The van der Waals surface area contributed by atoms with Gasteiger partial charge in [-0.1, -0.05) is 52.3 Å². The highest BCUT2D eigenvalue weighted by Gasteiger charge is 2.13. The Morgan fingerprint density at radius 1 is 0.968 bits per heavy atom. The molecule has 2 N–H and O–H groups in total. The van der Waals surface area contributed by atoms with Crippen LogP contribution in [-0.2, 0) is 4.79 Å². The number of carbonyl (C=O) groups excluding carboxylic acids is 2. The van der Waals surface area contributed by atoms with Gasteiger partial charge >= 0.3 is 0 Å². The van der Waals surface area contributed by atoms with Gasteiger partial charge in [0, 0.05) is 15.7 Å². The van der Waals surface area contributed by atoms with Crippen LogP contribution in [0.3, 0.4) is 0 Å². The SMILES string of the molecule is Cc1cc(Br)cc(C)c1OCC(=O)Nc1cccc(C(=O)NC(C)c2ccccc2)c1. The summed E-state index contributed by atoms with van der Waals surface area (Å²) in [5.41, 5.74) is 3.94. The number of aryl methyl sites for hydroxylation is 2. The molecular formula is C25H25BrN2O3. The molecule has 0 aliphatic heterocycles. The van der Waals surface area contributed by atoms with Gasteiger partial charge in [0.2, 0.25) is 0 Å². The minimum absolute atomic E-state index is 0.120. The maximum absolute atomic E-state index is 12.6. The predicted octanol–water partition coefficient (Wildman–Crippen LogP) is 5.57. The third kappa shape index (κ3) is 6.18. The monoisotopic (exact) mass is 480 g/mol. The van der Waals surface area contributed by atoms with Gasteiger partial charge in [0.15, 0.2) is 6.61 Å². The van der Waals surface area contributed by atoms with Gasteiger partial charge in [0.1, 0.15) is 5.75 Å². The molecule has 31 heavy (non-hydrogen) atoms. The molecule has 3 rings (SSSR count). The highest BCUT2D eigenvalue weighted by molar-refractivity contribution is 9.10. The van der Waals surface area contributed by atoms with E-state index < -0.39 is 0 Å². The van der Waals surface area contributed by atoms with Crippen molar-refractivity contribution in [1.29, 1.82) is 0 Å². The van der Waals surface area contributed by atoms with E-state index in [9.17, 15) is 9.59 Å². The van der Waals surface area contributed by atoms with Crippen molar-refractivity contribution in [3.8, 4) is 5.75 Å². The lowest BCUT2D eigenvalue weighted by Crippen LogP contribution is -2.27. The minimum atomic E-state index is -0.295. The number of nitrogens with one attached hydrogen (secondary N) is 2. The molecular weight excluding hydrogens is 456 g/mol. The summed E-state index contributed by atoms with van der Waals surface area (Å²) in [6.45, 7) is 5.68. The van der Waals surface area contributed by atoms with Gasteiger partial charge in [-0.3, -0.25) is 9.59 Å². The fourth-order valence-electron chi connectivity index (χ4n) is 3.30. The molecule has 0 saturated heterocycles. The van der Waals surface area contributed by atoms with Crippen molar-refractivity contribution in [3.63, 3.8) is 0 Å². The second-order valence-electron chi connectivity index (χ2n) is 7.39. The van der Waals surface area contributed by atoms with Crippen LogP contribution in [0.5, 0.6) is 5.75 Å². The van der Waals surface area contributed by atoms with Crippen LogP contribution in [-0.4, -0.2) is 18.4 Å². The van der Waals surface area contributed by atoms with Gasteiger partial charge in [0.05, 0.1) is 6.04 Å². The van der Waals surface area contributed by atoms with E-state index in [-0.39, 0.29) is 24.5 Å². The molecule has 0 aliphatic rings. The van der Waals surface area contributed by atoms with Crippen LogP contribution in [0.1, 0.15) is 40.0 Å². The topological polar surface area (TPSA) is 67.4 Å². The number of amides is 2. The van der Waals surface area contributed by atoms with E-state index in [2.05, 4.69) is 26.6 Å². The summed E-state index contributed by atoms with van der Waals surface area (Å²) in [6.07, 6.45) is 0. The second-order valence-corrected chi connectivity index (χ2v) is 8.31. The lowest BCUT2D eigenvalue weighted by atomic mass is 10.1. The summed E-state index contributed by atoms with van der Waals surface area (Å²) in [6, 6.07) is 20.4. The zero-order chi connectivity index (χ0) is 22.4. The van der Waals surface area contributed by atoms with Crippen LogP contribution >= 0.6 is 15.9 Å². The first-order valence-corrected chi connectivity index (χ1v) is 10.8. The molecule has 0 aromatic heterocycles. The number of halogens is 1. The standard InChI is InChI=1S/C25H25BrN2O3/c1-16-12-21(26)13-17(2)24(16)31-15-23(29)28-22-11-7-10-20(14-22)25(30)27-18(3)19-8-5-4-6-9-19/h4-14,18H,15H2,1-3H3,(H,27,30)(H,28,29). The molecule has 160 valence electrons. The lowest BCUT2D eigenvalue weighted by molar-refractivity contribution is -0.118. The molecule has 0 saturated carbocycles. The van der Waals surface area contributed by atoms with Gasteiger partial charge < -0.3 is 15.4 Å². The van der Waals surface area contributed by atoms with Crippen molar-refractivity contribution >= 4 is 33.4 Å². The van der Waals surface area contributed by atoms with E-state index in [1.54, 1.807) is 24.3 Å². The zero-order valence-electron chi connectivity index (χ0n) is 17.7. The van der Waals surface area contributed by atoms with Crippen molar-refractivity contribution in [1.82, 2.24) is 5.32 Å². The summed E-state index contributed by atoms with van der Waals surface area (Å²) >= 11 is 3.45. The normalized spacial score (nSPS) is 11.5. The molecule has 0 spiro atoms. The first-order chi connectivity index (χ1) is 14.8. The molecule has 0 radical (unpaired) electrons. The highest BCUT2D eigenvalue weighted by atomic mass is 79.9. The first-order valence-electron chi connectivity index (χ1n) is 9.99. The van der Waals surface area contributed by atoms with Crippen LogP contribution in [0.25, 0.3) is 0 Å². The van der Waals surface area contributed by atoms with Crippen LogP contribution in [0.2, 0.25) is 0 Å². The summed E-state index contributed by atoms with van der Waals surface area (Å²) in [7, 11) is 0. The Hall–Kier alpha value is -3.12. The number of hydrogen-bond donors (Lipinski definition) is 2. The van der Waals surface area contributed by atoms with E-state index in [1.807, 2.05) is 63.2 Å². The molecule has 3 aromatic rings. The number of hydrogen-bond acceptors (Lipinski definition) is 3. The Kier molecular flexibility index (Phi) is 7.47. The van der Waals surface area contributed by atoms with Crippen LogP contribution < -0.4 is 15.4 Å². The molecule has 0 fully saturated rings. The van der Waals surface area contributed by atoms with Gasteiger partial charge in [-0.2, -0.15) is 0 Å². The fourth-order valence-corrected chi connectivity index (χ4v) is 3.99. The third-order valence-electron chi connectivity index (χ3n) is 4.83. The molecule has 0 bridgehead atoms. The van der Waals surface area contributed by atoms with Crippen LogP contribution in [0.4, 0.5) is 5.69 Å². The van der Waals surface area contributed by atoms with E-state index in [0.29, 0.717) is 17.0 Å². The Bertz CT molecular complexity index is 1060. The van der Waals surface area contributed by atoms with Gasteiger partial charge in [0.25, 0.3) is 11.8 Å². The molecule has 0 heterocycles. The van der Waals surface area contributed by atoms with Crippen molar-refractivity contribution in [2.75, 3.05) is 11.9 Å². The Labute approximate surface area is 191 Å². The Morgan fingerprint density at radius 2 is 1.65 bits per heavy atom. The van der Waals surface area contributed by atoms with Crippen LogP contribution in [0, 0.1) is 13.8 Å². The maximum atomic E-state index is 12.6. The minimum Gasteiger partial charge on any atom is -0.483 e. The van der Waals surface area contributed by atoms with E-state index >= 15 is 0 Å². The quantitative estimate of drug-likeness (QED) is 0.464. The average molecular weight is 481 g/mol. The van der Waals surface area contributed by atoms with E-state index in [0.717, 1.165) is 21.2 Å². The highest BCUT2D eigenvalue weighted by Crippen LogP contribution is 2.27. The molecule has 1 unspecified atom stereocenters. The zero-order valence-corrected chi connectivity index (χ0v) is 19.3. The summed E-state index contributed by atoms with van der Waals surface area (Å²) in [4.78, 5) is 25.0. The number of anilines is 1. The fraction of sp³-hybridized carbons (Fsp3) is 0.200. The largest absolute Gasteiger partial charge is 0.483 e. The summed E-state index contributed by atoms with van der Waals surface area (Å²) < 4.78 is 6.69. The van der Waals surface area contributed by atoms with Gasteiger partial charge in [-0.25, -0.2) is 0 Å².